The van der Waals surface area contributed by atoms with E-state index in [4.69, 9.17) is 0 Å². The van der Waals surface area contributed by atoms with Crippen LogP contribution in [0, 0.1) is 16.7 Å². The number of carbonyl (C=O) groups excluding carboxylic acids is 1. The quantitative estimate of drug-likeness (QED) is 0.728. The zero-order valence-corrected chi connectivity index (χ0v) is 14.9. The predicted octanol–water partition coefficient (Wildman–Crippen LogP) is 3.32. The highest BCUT2D eigenvalue weighted by Gasteiger charge is 2.72. The Bertz CT molecular complexity index is 568. The summed E-state index contributed by atoms with van der Waals surface area (Å²) in [5.41, 5.74) is -0.141. The zero-order chi connectivity index (χ0) is 16.2. The Kier molecular flexibility index (Phi) is 3.86. The minimum Gasteiger partial charge on any atom is -0.274 e. The minimum atomic E-state index is -3.42. The van der Waals surface area contributed by atoms with E-state index in [9.17, 15) is 13.2 Å². The first-order chi connectivity index (χ1) is 10.3. The fraction of sp³-hybridized carbons (Fsp3) is 0.941. The number of fused-ring (bicyclic) bond motifs is 1. The second-order valence-electron chi connectivity index (χ2n) is 8.12. The third kappa shape index (κ3) is 2.07. The van der Waals surface area contributed by atoms with Crippen molar-refractivity contribution in [2.75, 3.05) is 5.75 Å². The molecule has 22 heavy (non-hydrogen) atoms. The monoisotopic (exact) mass is 327 g/mol. The molecule has 0 aromatic carbocycles. The predicted molar refractivity (Wildman–Crippen MR) is 86.7 cm³/mol. The van der Waals surface area contributed by atoms with Crippen LogP contribution < -0.4 is 0 Å². The van der Waals surface area contributed by atoms with E-state index in [1.807, 2.05) is 0 Å². The average molecular weight is 327 g/mol. The minimum absolute atomic E-state index is 0.0436. The molecule has 3 atom stereocenters. The third-order valence-electron chi connectivity index (χ3n) is 6.90. The van der Waals surface area contributed by atoms with Gasteiger partial charge >= 0.3 is 0 Å². The molecule has 2 aliphatic carbocycles. The molecule has 1 amide bonds. The van der Waals surface area contributed by atoms with Crippen molar-refractivity contribution >= 4 is 15.9 Å². The normalized spacial score (nSPS) is 37.5. The molecule has 3 aliphatic rings. The highest BCUT2D eigenvalue weighted by atomic mass is 32.2. The van der Waals surface area contributed by atoms with Crippen LogP contribution in [0.4, 0.5) is 0 Å². The molecule has 2 bridgehead atoms. The smallest absolute Gasteiger partial charge is 0.238 e. The summed E-state index contributed by atoms with van der Waals surface area (Å²) in [5, 5.41) is 0. The molecule has 1 saturated heterocycles. The van der Waals surface area contributed by atoms with Crippen molar-refractivity contribution in [1.29, 1.82) is 0 Å². The van der Waals surface area contributed by atoms with Gasteiger partial charge < -0.3 is 0 Å². The number of rotatable bonds is 5. The Balaban J connectivity index is 1.80. The first kappa shape index (κ1) is 16.3. The SMILES string of the molecule is CCCCCCC(=O)N1[C@@H]2C[C@H]3CC[C@]2(CS1(=O)=O)C3(C)C. The van der Waals surface area contributed by atoms with Crippen LogP contribution in [-0.4, -0.2) is 30.4 Å². The lowest BCUT2D eigenvalue weighted by molar-refractivity contribution is -0.129. The molecule has 2 saturated carbocycles. The molecule has 5 heteroatoms. The van der Waals surface area contributed by atoms with Crippen molar-refractivity contribution in [3.8, 4) is 0 Å². The summed E-state index contributed by atoms with van der Waals surface area (Å²) in [6.07, 6.45) is 7.42. The Morgan fingerprint density at radius 2 is 1.95 bits per heavy atom. The highest BCUT2D eigenvalue weighted by molar-refractivity contribution is 7.90. The zero-order valence-electron chi connectivity index (χ0n) is 14.1. The van der Waals surface area contributed by atoms with Crippen molar-refractivity contribution in [2.45, 2.75) is 78.2 Å². The molecule has 0 aromatic rings. The van der Waals surface area contributed by atoms with Gasteiger partial charge in [-0.15, -0.1) is 0 Å². The summed E-state index contributed by atoms with van der Waals surface area (Å²) in [7, 11) is -3.42. The Hall–Kier alpha value is -0.580. The number of hydrogen-bond donors (Lipinski definition) is 0. The molecular weight excluding hydrogens is 298 g/mol. The average Bonchev–Trinajstić information content (AvgIpc) is 2.90. The molecular formula is C17H29NO3S. The fourth-order valence-corrected chi connectivity index (χ4v) is 8.01. The topological polar surface area (TPSA) is 54.5 Å². The standard InChI is InChI=1S/C17H29NO3S/c1-4-5-6-7-8-15(19)18-14-11-13-9-10-17(14,16(13,2)3)12-22(18,20)21/h13-14H,4-12H2,1-3H3/t13-,14-,17-/m1/s1. The molecule has 1 aliphatic heterocycles. The molecule has 3 fully saturated rings. The fourth-order valence-electron chi connectivity index (χ4n) is 5.43. The van der Waals surface area contributed by atoms with Crippen LogP contribution in [0.15, 0.2) is 0 Å². The Morgan fingerprint density at radius 3 is 2.59 bits per heavy atom. The molecule has 126 valence electrons. The molecule has 3 rings (SSSR count). The van der Waals surface area contributed by atoms with Crippen molar-refractivity contribution < 1.29 is 13.2 Å². The second-order valence-corrected chi connectivity index (χ2v) is 9.97. The Morgan fingerprint density at radius 1 is 1.23 bits per heavy atom. The lowest BCUT2D eigenvalue weighted by atomic mass is 9.69. The first-order valence-electron chi connectivity index (χ1n) is 8.81. The van der Waals surface area contributed by atoms with Gasteiger partial charge in [0, 0.05) is 11.8 Å². The van der Waals surface area contributed by atoms with Gasteiger partial charge in [-0.1, -0.05) is 40.0 Å². The van der Waals surface area contributed by atoms with E-state index in [1.165, 1.54) is 4.31 Å². The van der Waals surface area contributed by atoms with Gasteiger partial charge in [0.2, 0.25) is 15.9 Å². The number of amides is 1. The maximum absolute atomic E-state index is 12.7. The lowest BCUT2D eigenvalue weighted by Crippen LogP contribution is -2.44. The summed E-state index contributed by atoms with van der Waals surface area (Å²) in [6, 6.07) is -0.0649. The van der Waals surface area contributed by atoms with Gasteiger partial charge in [-0.3, -0.25) is 4.79 Å². The summed E-state index contributed by atoms with van der Waals surface area (Å²) >= 11 is 0. The van der Waals surface area contributed by atoms with Crippen molar-refractivity contribution in [1.82, 2.24) is 4.31 Å². The van der Waals surface area contributed by atoms with E-state index >= 15 is 0 Å². The number of nitrogens with zero attached hydrogens (tertiary/aromatic N) is 1. The maximum Gasteiger partial charge on any atom is 0.238 e. The van der Waals surface area contributed by atoms with Crippen LogP contribution in [0.5, 0.6) is 0 Å². The van der Waals surface area contributed by atoms with Crippen molar-refractivity contribution in [2.24, 2.45) is 16.7 Å². The van der Waals surface area contributed by atoms with Crippen LogP contribution in [0.2, 0.25) is 0 Å². The molecule has 4 nitrogen and oxygen atoms in total. The third-order valence-corrected chi connectivity index (χ3v) is 8.84. The van der Waals surface area contributed by atoms with Gasteiger partial charge in [0.15, 0.2) is 0 Å². The molecule has 0 aromatic heterocycles. The molecule has 0 radical (unpaired) electrons. The summed E-state index contributed by atoms with van der Waals surface area (Å²) < 4.78 is 26.7. The van der Waals surface area contributed by atoms with E-state index in [1.54, 1.807) is 0 Å². The van der Waals surface area contributed by atoms with Gasteiger partial charge in [0.05, 0.1) is 11.8 Å². The van der Waals surface area contributed by atoms with E-state index in [0.29, 0.717) is 12.3 Å². The number of hydrogen-bond acceptors (Lipinski definition) is 3. The van der Waals surface area contributed by atoms with Crippen molar-refractivity contribution in [3.63, 3.8) is 0 Å². The molecule has 1 heterocycles. The van der Waals surface area contributed by atoms with Gasteiger partial charge in [0.1, 0.15) is 0 Å². The molecule has 0 unspecified atom stereocenters. The number of unbranched alkanes of at least 4 members (excludes halogenated alkanes) is 3. The summed E-state index contributed by atoms with van der Waals surface area (Å²) in [4.78, 5) is 12.6. The lowest BCUT2D eigenvalue weighted by Gasteiger charge is -2.37. The van der Waals surface area contributed by atoms with Crippen LogP contribution in [0.1, 0.15) is 72.1 Å². The van der Waals surface area contributed by atoms with E-state index in [0.717, 1.165) is 44.9 Å². The molecule has 0 N–H and O–H groups in total. The van der Waals surface area contributed by atoms with Gasteiger partial charge in [-0.05, 0) is 37.0 Å². The summed E-state index contributed by atoms with van der Waals surface area (Å²) in [6.45, 7) is 6.57. The van der Waals surface area contributed by atoms with Crippen LogP contribution >= 0.6 is 0 Å². The number of sulfonamides is 1. The molecule has 1 spiro atoms. The maximum atomic E-state index is 12.7. The van der Waals surface area contributed by atoms with Crippen molar-refractivity contribution in [3.05, 3.63) is 0 Å². The van der Waals surface area contributed by atoms with Gasteiger partial charge in [-0.2, -0.15) is 0 Å². The Labute approximate surface area is 134 Å². The van der Waals surface area contributed by atoms with E-state index in [2.05, 4.69) is 20.8 Å². The van der Waals surface area contributed by atoms with Crippen LogP contribution in [-0.2, 0) is 14.8 Å². The van der Waals surface area contributed by atoms with E-state index < -0.39 is 10.0 Å². The second kappa shape index (κ2) is 5.22. The summed E-state index contributed by atoms with van der Waals surface area (Å²) in [5.74, 6) is 0.610. The highest BCUT2D eigenvalue weighted by Crippen LogP contribution is 2.69. The largest absolute Gasteiger partial charge is 0.274 e. The number of carbonyl (C=O) groups is 1. The van der Waals surface area contributed by atoms with Crippen LogP contribution in [0.25, 0.3) is 0 Å². The van der Waals surface area contributed by atoms with Gasteiger partial charge in [0.25, 0.3) is 0 Å². The van der Waals surface area contributed by atoms with Gasteiger partial charge in [-0.25, -0.2) is 12.7 Å². The first-order valence-corrected chi connectivity index (χ1v) is 10.4. The van der Waals surface area contributed by atoms with E-state index in [-0.39, 0.29) is 28.5 Å². The van der Waals surface area contributed by atoms with Crippen LogP contribution in [0.3, 0.4) is 0 Å².